The van der Waals surface area contributed by atoms with E-state index < -0.39 is 5.60 Å². The maximum Gasteiger partial charge on any atom is 0.213 e. The van der Waals surface area contributed by atoms with Crippen molar-refractivity contribution in [3.05, 3.63) is 65.1 Å². The van der Waals surface area contributed by atoms with E-state index in [1.165, 1.54) is 6.07 Å². The minimum absolute atomic E-state index is 0.107. The standard InChI is InChI=1S/C22H24FN5O3/c1-29-13-19-26-27-21(28(19)16-4-6-20(30-2)25-11-16)18-10-22(7-8-24-18)17-5-3-15(23)9-14(17)12-31-22/h3-6,9,11,18,24H,7-8,10,12-13H2,1-2H3/t18-,22?/m1/s1. The van der Waals surface area contributed by atoms with E-state index in [0.717, 1.165) is 35.6 Å². The van der Waals surface area contributed by atoms with Crippen LogP contribution in [0.2, 0.25) is 0 Å². The summed E-state index contributed by atoms with van der Waals surface area (Å²) < 4.78 is 32.5. The highest BCUT2D eigenvalue weighted by Gasteiger charge is 2.45. The molecule has 1 spiro atoms. The first-order valence-corrected chi connectivity index (χ1v) is 10.2. The SMILES string of the molecule is COCc1nnc([C@H]2CC3(CCN2)OCc2cc(F)ccc23)n1-c1ccc(OC)nc1. The molecule has 162 valence electrons. The second-order valence-corrected chi connectivity index (χ2v) is 7.85. The molecule has 1 aromatic carbocycles. The Balaban J connectivity index is 1.52. The van der Waals surface area contributed by atoms with Crippen molar-refractivity contribution in [2.45, 2.75) is 37.7 Å². The van der Waals surface area contributed by atoms with Gasteiger partial charge in [-0.05, 0) is 42.3 Å². The van der Waals surface area contributed by atoms with Crippen molar-refractivity contribution >= 4 is 0 Å². The van der Waals surface area contributed by atoms with Gasteiger partial charge in [0.05, 0.1) is 37.2 Å². The van der Waals surface area contributed by atoms with E-state index in [4.69, 9.17) is 14.2 Å². The summed E-state index contributed by atoms with van der Waals surface area (Å²) in [4.78, 5) is 4.33. The molecule has 1 N–H and O–H groups in total. The summed E-state index contributed by atoms with van der Waals surface area (Å²) in [6, 6.07) is 8.55. The number of piperidine rings is 1. The zero-order valence-corrected chi connectivity index (χ0v) is 17.5. The first-order chi connectivity index (χ1) is 15.1. The van der Waals surface area contributed by atoms with Gasteiger partial charge in [-0.3, -0.25) is 4.57 Å². The van der Waals surface area contributed by atoms with Crippen molar-refractivity contribution in [3.8, 4) is 11.6 Å². The molecule has 8 nitrogen and oxygen atoms in total. The summed E-state index contributed by atoms with van der Waals surface area (Å²) in [5, 5.41) is 12.4. The largest absolute Gasteiger partial charge is 0.481 e. The first-order valence-electron chi connectivity index (χ1n) is 10.2. The lowest BCUT2D eigenvalue weighted by molar-refractivity contribution is -0.0703. The van der Waals surface area contributed by atoms with Crippen LogP contribution in [0.15, 0.2) is 36.5 Å². The molecule has 0 aliphatic carbocycles. The summed E-state index contributed by atoms with van der Waals surface area (Å²) in [6.45, 7) is 1.48. The predicted molar refractivity (Wildman–Crippen MR) is 109 cm³/mol. The fourth-order valence-electron chi connectivity index (χ4n) is 4.62. The van der Waals surface area contributed by atoms with Crippen LogP contribution in [0.5, 0.6) is 5.88 Å². The maximum atomic E-state index is 13.7. The molecule has 1 fully saturated rings. The van der Waals surface area contributed by atoms with Gasteiger partial charge in [0, 0.05) is 19.6 Å². The summed E-state index contributed by atoms with van der Waals surface area (Å²) in [6.07, 6.45) is 3.21. The summed E-state index contributed by atoms with van der Waals surface area (Å²) in [5.74, 6) is 1.74. The van der Waals surface area contributed by atoms with Crippen LogP contribution < -0.4 is 10.1 Å². The number of methoxy groups -OCH3 is 2. The highest BCUT2D eigenvalue weighted by molar-refractivity contribution is 5.38. The Bertz CT molecular complexity index is 1090. The van der Waals surface area contributed by atoms with Gasteiger partial charge >= 0.3 is 0 Å². The van der Waals surface area contributed by atoms with Crippen LogP contribution in [0.25, 0.3) is 5.69 Å². The Morgan fingerprint density at radius 1 is 1.26 bits per heavy atom. The van der Waals surface area contributed by atoms with Gasteiger partial charge in [0.25, 0.3) is 0 Å². The smallest absolute Gasteiger partial charge is 0.213 e. The molecule has 0 amide bonds. The molecule has 3 aromatic rings. The number of hydrogen-bond acceptors (Lipinski definition) is 7. The molecule has 4 heterocycles. The highest BCUT2D eigenvalue weighted by Crippen LogP contribution is 2.47. The lowest BCUT2D eigenvalue weighted by Crippen LogP contribution is -2.42. The molecule has 5 rings (SSSR count). The van der Waals surface area contributed by atoms with E-state index in [-0.39, 0.29) is 11.9 Å². The van der Waals surface area contributed by atoms with Crippen LogP contribution in [0.1, 0.15) is 41.7 Å². The Labute approximate surface area is 179 Å². The van der Waals surface area contributed by atoms with Gasteiger partial charge < -0.3 is 19.5 Å². The monoisotopic (exact) mass is 425 g/mol. The fourth-order valence-corrected chi connectivity index (χ4v) is 4.62. The van der Waals surface area contributed by atoms with E-state index in [1.807, 2.05) is 16.7 Å². The lowest BCUT2D eigenvalue weighted by atomic mass is 9.81. The van der Waals surface area contributed by atoms with Crippen LogP contribution in [-0.4, -0.2) is 40.5 Å². The summed E-state index contributed by atoms with van der Waals surface area (Å²) in [7, 11) is 3.21. The zero-order chi connectivity index (χ0) is 21.4. The predicted octanol–water partition coefficient (Wildman–Crippen LogP) is 2.81. The van der Waals surface area contributed by atoms with E-state index in [1.54, 1.807) is 32.5 Å². The third kappa shape index (κ3) is 3.48. The molecule has 2 aliphatic rings. The second kappa shape index (κ2) is 7.99. The second-order valence-electron chi connectivity index (χ2n) is 7.85. The van der Waals surface area contributed by atoms with Gasteiger partial charge in [0.15, 0.2) is 11.6 Å². The van der Waals surface area contributed by atoms with Crippen LogP contribution in [0.3, 0.4) is 0 Å². The van der Waals surface area contributed by atoms with Crippen molar-refractivity contribution in [2.24, 2.45) is 0 Å². The average molecular weight is 425 g/mol. The Morgan fingerprint density at radius 2 is 2.16 bits per heavy atom. The number of pyridine rings is 1. The maximum absolute atomic E-state index is 13.7. The van der Waals surface area contributed by atoms with Crippen molar-refractivity contribution in [1.82, 2.24) is 25.1 Å². The van der Waals surface area contributed by atoms with Gasteiger partial charge in [0.2, 0.25) is 5.88 Å². The van der Waals surface area contributed by atoms with Crippen LogP contribution in [-0.2, 0) is 28.3 Å². The molecule has 2 aromatic heterocycles. The number of benzene rings is 1. The minimum Gasteiger partial charge on any atom is -0.481 e. The Kier molecular flexibility index (Phi) is 5.17. The number of fused-ring (bicyclic) bond motifs is 2. The van der Waals surface area contributed by atoms with E-state index in [2.05, 4.69) is 20.5 Å². The third-order valence-corrected chi connectivity index (χ3v) is 6.04. The lowest BCUT2D eigenvalue weighted by Gasteiger charge is -2.38. The zero-order valence-electron chi connectivity index (χ0n) is 17.5. The molecular weight excluding hydrogens is 401 g/mol. The minimum atomic E-state index is -0.463. The molecular formula is C22H24FN5O3. The number of rotatable bonds is 5. The third-order valence-electron chi connectivity index (χ3n) is 6.04. The van der Waals surface area contributed by atoms with Crippen molar-refractivity contribution in [1.29, 1.82) is 0 Å². The topological polar surface area (TPSA) is 83.3 Å². The van der Waals surface area contributed by atoms with Crippen molar-refractivity contribution in [3.63, 3.8) is 0 Å². The van der Waals surface area contributed by atoms with Gasteiger partial charge in [-0.25, -0.2) is 9.37 Å². The van der Waals surface area contributed by atoms with Crippen molar-refractivity contribution in [2.75, 3.05) is 20.8 Å². The van der Waals surface area contributed by atoms with Gasteiger partial charge in [-0.15, -0.1) is 10.2 Å². The van der Waals surface area contributed by atoms with Crippen LogP contribution in [0.4, 0.5) is 4.39 Å². The number of aromatic nitrogens is 4. The molecule has 1 unspecified atom stereocenters. The van der Waals surface area contributed by atoms with Crippen LogP contribution in [0, 0.1) is 5.82 Å². The summed E-state index contributed by atoms with van der Waals surface area (Å²) >= 11 is 0. The summed E-state index contributed by atoms with van der Waals surface area (Å²) in [5.41, 5.74) is 2.34. The Morgan fingerprint density at radius 3 is 2.94 bits per heavy atom. The van der Waals surface area contributed by atoms with Gasteiger partial charge in [-0.1, -0.05) is 6.07 Å². The quantitative estimate of drug-likeness (QED) is 0.673. The highest BCUT2D eigenvalue weighted by atomic mass is 19.1. The molecule has 2 aliphatic heterocycles. The molecule has 0 saturated carbocycles. The Hall–Kier alpha value is -2.88. The van der Waals surface area contributed by atoms with E-state index in [0.29, 0.717) is 31.3 Å². The number of halogens is 1. The average Bonchev–Trinajstić information content (AvgIpc) is 3.36. The number of ether oxygens (including phenoxy) is 3. The molecule has 0 radical (unpaired) electrons. The normalized spacial score (nSPS) is 22.6. The first kappa shape index (κ1) is 20.0. The number of nitrogens with one attached hydrogen (secondary N) is 1. The number of nitrogens with zero attached hydrogens (tertiary/aromatic N) is 4. The molecule has 9 heteroatoms. The molecule has 2 atom stereocenters. The van der Waals surface area contributed by atoms with Crippen molar-refractivity contribution < 1.29 is 18.6 Å². The fraction of sp³-hybridized carbons (Fsp3) is 0.409. The molecule has 31 heavy (non-hydrogen) atoms. The van der Waals surface area contributed by atoms with Gasteiger partial charge in [0.1, 0.15) is 12.4 Å². The molecule has 1 saturated heterocycles. The van der Waals surface area contributed by atoms with E-state index >= 15 is 0 Å². The number of hydrogen-bond donors (Lipinski definition) is 1. The molecule has 0 bridgehead atoms. The van der Waals surface area contributed by atoms with E-state index in [9.17, 15) is 4.39 Å². The van der Waals surface area contributed by atoms with Gasteiger partial charge in [-0.2, -0.15) is 0 Å². The van der Waals surface area contributed by atoms with Crippen LogP contribution >= 0.6 is 0 Å².